The van der Waals surface area contributed by atoms with Crippen LogP contribution in [0.4, 0.5) is 0 Å². The molecule has 3 rings (SSSR count). The van der Waals surface area contributed by atoms with Crippen molar-refractivity contribution in [3.8, 4) is 11.5 Å². The van der Waals surface area contributed by atoms with Crippen molar-refractivity contribution in [2.75, 3.05) is 14.2 Å². The third-order valence-electron chi connectivity index (χ3n) is 5.59. The van der Waals surface area contributed by atoms with Gasteiger partial charge in [0.2, 0.25) is 0 Å². The van der Waals surface area contributed by atoms with Crippen molar-refractivity contribution in [2.24, 2.45) is 11.3 Å². The predicted octanol–water partition coefficient (Wildman–Crippen LogP) is 6.05. The summed E-state index contributed by atoms with van der Waals surface area (Å²) in [6, 6.07) is 12.3. The Hall–Kier alpha value is -3.08. The quantitative estimate of drug-likeness (QED) is 0.318. The van der Waals surface area contributed by atoms with E-state index in [9.17, 15) is 9.59 Å². The van der Waals surface area contributed by atoms with Crippen molar-refractivity contribution in [2.45, 2.75) is 47.0 Å². The summed E-state index contributed by atoms with van der Waals surface area (Å²) in [7, 11) is 3.04. The zero-order valence-corrected chi connectivity index (χ0v) is 19.8. The lowest BCUT2D eigenvalue weighted by Crippen LogP contribution is -2.15. The largest absolute Gasteiger partial charge is 0.496 e. The molecule has 0 radical (unpaired) electrons. The van der Waals surface area contributed by atoms with Gasteiger partial charge in [-0.3, -0.25) is 4.79 Å². The molecule has 1 heterocycles. The highest BCUT2D eigenvalue weighted by atomic mass is 16.5. The molecule has 0 aliphatic heterocycles. The summed E-state index contributed by atoms with van der Waals surface area (Å²) in [5.74, 6) is 1.24. The van der Waals surface area contributed by atoms with Gasteiger partial charge in [-0.05, 0) is 42.2 Å². The van der Waals surface area contributed by atoms with Crippen LogP contribution in [0.5, 0.6) is 11.5 Å². The number of aryl methyl sites for hydroxylation is 1. The molecule has 0 saturated carbocycles. The van der Waals surface area contributed by atoms with E-state index in [4.69, 9.17) is 13.9 Å². The number of ether oxygens (including phenoxy) is 2. The van der Waals surface area contributed by atoms with Crippen molar-refractivity contribution in [3.05, 3.63) is 69.6 Å². The monoisotopic (exact) mass is 436 g/mol. The lowest BCUT2D eigenvalue weighted by molar-refractivity contribution is 0.103. The first kappa shape index (κ1) is 23.6. The molecule has 2 aromatic carbocycles. The topological polar surface area (TPSA) is 65.7 Å². The van der Waals surface area contributed by atoms with E-state index >= 15 is 0 Å². The summed E-state index contributed by atoms with van der Waals surface area (Å²) >= 11 is 0. The summed E-state index contributed by atoms with van der Waals surface area (Å²) in [5.41, 5.74) is 1.56. The van der Waals surface area contributed by atoms with Crippen LogP contribution in [-0.4, -0.2) is 20.0 Å². The maximum absolute atomic E-state index is 13.0. The second-order valence-electron chi connectivity index (χ2n) is 9.62. The Kier molecular flexibility index (Phi) is 7.07. The van der Waals surface area contributed by atoms with E-state index < -0.39 is 5.63 Å². The van der Waals surface area contributed by atoms with Gasteiger partial charge < -0.3 is 13.9 Å². The Morgan fingerprint density at radius 2 is 1.72 bits per heavy atom. The van der Waals surface area contributed by atoms with Crippen molar-refractivity contribution in [1.29, 1.82) is 0 Å². The molecule has 3 aromatic rings. The maximum Gasteiger partial charge on any atom is 0.347 e. The van der Waals surface area contributed by atoms with Gasteiger partial charge in [-0.25, -0.2) is 4.79 Å². The molecule has 0 N–H and O–H groups in total. The van der Waals surface area contributed by atoms with Gasteiger partial charge in [0.05, 0.1) is 19.6 Å². The normalized spacial score (nSPS) is 12.6. The highest BCUT2D eigenvalue weighted by Gasteiger charge is 2.19. The number of methoxy groups -OCH3 is 2. The molecule has 5 nitrogen and oxygen atoms in total. The van der Waals surface area contributed by atoms with Crippen LogP contribution in [0, 0.1) is 11.3 Å². The average Bonchev–Trinajstić information content (AvgIpc) is 2.75. The summed E-state index contributed by atoms with van der Waals surface area (Å²) in [4.78, 5) is 25.6. The number of fused-ring (bicyclic) bond motifs is 1. The first-order valence-corrected chi connectivity index (χ1v) is 10.9. The number of rotatable bonds is 8. The van der Waals surface area contributed by atoms with Crippen molar-refractivity contribution >= 4 is 16.8 Å². The van der Waals surface area contributed by atoms with E-state index in [-0.39, 0.29) is 11.3 Å². The molecule has 0 amide bonds. The molecule has 5 heteroatoms. The fourth-order valence-corrected chi connectivity index (χ4v) is 4.15. The molecule has 1 aromatic heterocycles. The number of hydrogen-bond acceptors (Lipinski definition) is 5. The number of ketones is 1. The lowest BCUT2D eigenvalue weighted by Gasteiger charge is -2.23. The number of benzene rings is 2. The van der Waals surface area contributed by atoms with Crippen molar-refractivity contribution in [1.82, 2.24) is 0 Å². The second kappa shape index (κ2) is 9.60. The van der Waals surface area contributed by atoms with E-state index in [1.54, 1.807) is 24.3 Å². The molecule has 0 aliphatic carbocycles. The third kappa shape index (κ3) is 5.58. The molecular formula is C27H32O5. The Morgan fingerprint density at radius 1 is 1.03 bits per heavy atom. The van der Waals surface area contributed by atoms with Crippen molar-refractivity contribution < 1.29 is 18.7 Å². The number of carbonyl (C=O) groups is 1. The smallest absolute Gasteiger partial charge is 0.347 e. The van der Waals surface area contributed by atoms with E-state index in [0.29, 0.717) is 39.4 Å². The van der Waals surface area contributed by atoms with E-state index in [2.05, 4.69) is 27.7 Å². The minimum absolute atomic E-state index is 0.0208. The van der Waals surface area contributed by atoms with Gasteiger partial charge in [-0.2, -0.15) is 0 Å². The molecule has 0 spiro atoms. The third-order valence-corrected chi connectivity index (χ3v) is 5.59. The Morgan fingerprint density at radius 3 is 2.31 bits per heavy atom. The van der Waals surface area contributed by atoms with Crippen LogP contribution in [0.2, 0.25) is 0 Å². The summed E-state index contributed by atoms with van der Waals surface area (Å²) in [6.07, 6.45) is 3.24. The lowest BCUT2D eigenvalue weighted by atomic mass is 9.83. The predicted molar refractivity (Wildman–Crippen MR) is 127 cm³/mol. The Labute approximate surface area is 189 Å². The summed E-state index contributed by atoms with van der Waals surface area (Å²) < 4.78 is 16.0. The average molecular weight is 437 g/mol. The van der Waals surface area contributed by atoms with Gasteiger partial charge in [0.15, 0.2) is 5.78 Å². The second-order valence-corrected chi connectivity index (χ2v) is 9.62. The van der Waals surface area contributed by atoms with Gasteiger partial charge in [-0.15, -0.1) is 0 Å². The fraction of sp³-hybridized carbons (Fsp3) is 0.407. The number of hydrogen-bond donors (Lipinski definition) is 0. The molecule has 170 valence electrons. The first-order valence-electron chi connectivity index (χ1n) is 10.9. The summed E-state index contributed by atoms with van der Waals surface area (Å²) in [6.45, 7) is 9.07. The molecule has 0 aliphatic rings. The van der Waals surface area contributed by atoms with E-state index in [1.807, 2.05) is 12.1 Å². The zero-order chi connectivity index (χ0) is 23.5. The zero-order valence-electron chi connectivity index (χ0n) is 19.8. The Bertz CT molecular complexity index is 1150. The minimum Gasteiger partial charge on any atom is -0.496 e. The standard InChI is InChI=1S/C27H32O5/c1-17(16-27(2,3)4)7-8-18-9-11-19(12-10-18)25(28)22-15-21-23(31-6)13-20(30-5)14-24(21)32-26(22)29/h9-15,17H,7-8,16H2,1-6H3. The van der Waals surface area contributed by atoms with Crippen LogP contribution in [0.3, 0.4) is 0 Å². The van der Waals surface area contributed by atoms with Gasteiger partial charge >= 0.3 is 5.63 Å². The van der Waals surface area contributed by atoms with Crippen LogP contribution in [0.25, 0.3) is 11.0 Å². The maximum atomic E-state index is 13.0. The van der Waals surface area contributed by atoms with Crippen LogP contribution in [0.15, 0.2) is 51.7 Å². The molecular weight excluding hydrogens is 404 g/mol. The van der Waals surface area contributed by atoms with Crippen molar-refractivity contribution in [3.63, 3.8) is 0 Å². The van der Waals surface area contributed by atoms with Gasteiger partial charge in [0.1, 0.15) is 22.6 Å². The molecule has 32 heavy (non-hydrogen) atoms. The van der Waals surface area contributed by atoms with E-state index in [0.717, 1.165) is 12.8 Å². The number of carbonyl (C=O) groups excluding carboxylic acids is 1. The molecule has 0 bridgehead atoms. The van der Waals surface area contributed by atoms with Gasteiger partial charge in [0.25, 0.3) is 0 Å². The highest BCUT2D eigenvalue weighted by Crippen LogP contribution is 2.31. The SMILES string of the molecule is COc1cc(OC)c2cc(C(=O)c3ccc(CCC(C)CC(C)(C)C)cc3)c(=O)oc2c1. The minimum atomic E-state index is -0.683. The highest BCUT2D eigenvalue weighted by molar-refractivity contribution is 6.10. The molecule has 0 fully saturated rings. The van der Waals surface area contributed by atoms with Crippen LogP contribution >= 0.6 is 0 Å². The van der Waals surface area contributed by atoms with E-state index in [1.165, 1.54) is 32.3 Å². The van der Waals surface area contributed by atoms with Crippen LogP contribution in [-0.2, 0) is 6.42 Å². The van der Waals surface area contributed by atoms with Gasteiger partial charge in [0, 0.05) is 17.7 Å². The molecule has 1 atom stereocenters. The molecule has 0 saturated heterocycles. The molecule has 1 unspecified atom stereocenters. The van der Waals surface area contributed by atoms with Crippen LogP contribution in [0.1, 0.15) is 62.0 Å². The fourth-order valence-electron chi connectivity index (χ4n) is 4.15. The Balaban J connectivity index is 1.81. The van der Waals surface area contributed by atoms with Crippen LogP contribution < -0.4 is 15.1 Å². The van der Waals surface area contributed by atoms with Gasteiger partial charge in [-0.1, -0.05) is 52.0 Å². The first-order chi connectivity index (χ1) is 15.1. The summed E-state index contributed by atoms with van der Waals surface area (Å²) in [5, 5.41) is 0.542.